The Hall–Kier alpha value is -3.28. The monoisotopic (exact) mass is 365 g/mol. The molecule has 0 atom stereocenters. The number of Topliss-reactive ketones (excluding diaryl/α,β-unsaturated/α-hetero) is 1. The number of benzene rings is 2. The molecule has 0 saturated carbocycles. The molecule has 0 aliphatic carbocycles. The molecular weight excluding hydrogens is 345 g/mol. The number of nitrogens with one attached hydrogen (secondary N) is 1. The third-order valence-electron chi connectivity index (χ3n) is 4.12. The van der Waals surface area contributed by atoms with Crippen molar-refractivity contribution < 1.29 is 14.0 Å². The quantitative estimate of drug-likeness (QED) is 0.665. The first kappa shape index (κ1) is 18.5. The maximum Gasteiger partial charge on any atom is 0.225 e. The molecule has 2 aromatic carbocycles. The molecule has 3 aromatic rings. The van der Waals surface area contributed by atoms with Gasteiger partial charge < -0.3 is 5.32 Å². The summed E-state index contributed by atoms with van der Waals surface area (Å²) in [7, 11) is 0. The molecule has 0 aliphatic rings. The Morgan fingerprint density at radius 1 is 1.00 bits per heavy atom. The van der Waals surface area contributed by atoms with Gasteiger partial charge in [-0.2, -0.15) is 5.10 Å². The Morgan fingerprint density at radius 3 is 2.33 bits per heavy atom. The molecule has 1 aromatic heterocycles. The van der Waals surface area contributed by atoms with E-state index in [0.29, 0.717) is 11.4 Å². The van der Waals surface area contributed by atoms with Crippen LogP contribution in [0.4, 0.5) is 10.2 Å². The van der Waals surface area contributed by atoms with Gasteiger partial charge in [-0.15, -0.1) is 0 Å². The number of aryl methyl sites for hydroxylation is 2. The Labute approximate surface area is 156 Å². The minimum Gasteiger partial charge on any atom is -0.311 e. The van der Waals surface area contributed by atoms with Gasteiger partial charge >= 0.3 is 0 Å². The molecule has 1 heterocycles. The highest BCUT2D eigenvalue weighted by atomic mass is 19.1. The fourth-order valence-corrected chi connectivity index (χ4v) is 2.68. The normalized spacial score (nSPS) is 10.6. The molecule has 1 amide bonds. The van der Waals surface area contributed by atoms with Crippen LogP contribution >= 0.6 is 0 Å². The highest BCUT2D eigenvalue weighted by molar-refractivity contribution is 5.99. The van der Waals surface area contributed by atoms with Crippen LogP contribution in [0.25, 0.3) is 5.69 Å². The van der Waals surface area contributed by atoms with Gasteiger partial charge in [0.2, 0.25) is 5.91 Å². The summed E-state index contributed by atoms with van der Waals surface area (Å²) in [6.07, 6.45) is 0.0868. The summed E-state index contributed by atoms with van der Waals surface area (Å²) in [5.41, 5.74) is 3.14. The Bertz CT molecular complexity index is 960. The first-order chi connectivity index (χ1) is 12.9. The molecule has 0 spiro atoms. The third kappa shape index (κ3) is 4.67. The number of ketones is 1. The van der Waals surface area contributed by atoms with Gasteiger partial charge in [-0.25, -0.2) is 9.07 Å². The Morgan fingerprint density at radius 2 is 1.67 bits per heavy atom. The van der Waals surface area contributed by atoms with Crippen molar-refractivity contribution in [3.05, 3.63) is 77.2 Å². The average Bonchev–Trinajstić information content (AvgIpc) is 3.01. The number of halogens is 1. The molecule has 0 radical (unpaired) electrons. The van der Waals surface area contributed by atoms with Crippen LogP contribution in [0.1, 0.15) is 34.5 Å². The number of aromatic nitrogens is 2. The van der Waals surface area contributed by atoms with E-state index in [1.54, 1.807) is 10.7 Å². The molecule has 27 heavy (non-hydrogen) atoms. The number of nitrogens with zero attached hydrogens (tertiary/aromatic N) is 2. The fourth-order valence-electron chi connectivity index (χ4n) is 2.68. The molecule has 5 nitrogen and oxygen atoms in total. The highest BCUT2D eigenvalue weighted by Gasteiger charge is 2.13. The molecule has 0 fully saturated rings. The molecule has 0 bridgehead atoms. The summed E-state index contributed by atoms with van der Waals surface area (Å²) in [6.45, 7) is 3.84. The van der Waals surface area contributed by atoms with E-state index in [1.807, 2.05) is 38.1 Å². The molecule has 3 rings (SSSR count). The van der Waals surface area contributed by atoms with Crippen LogP contribution in [0.3, 0.4) is 0 Å². The molecule has 0 aliphatic heterocycles. The third-order valence-corrected chi connectivity index (χ3v) is 4.12. The second kappa shape index (κ2) is 7.95. The molecule has 0 unspecified atom stereocenters. The lowest BCUT2D eigenvalue weighted by Gasteiger charge is -2.09. The zero-order chi connectivity index (χ0) is 19.4. The summed E-state index contributed by atoms with van der Waals surface area (Å²) in [6, 6.07) is 14.9. The Kier molecular flexibility index (Phi) is 5.45. The van der Waals surface area contributed by atoms with E-state index in [4.69, 9.17) is 0 Å². The number of carbonyl (C=O) groups is 2. The molecular formula is C21H20FN3O2. The number of anilines is 1. The van der Waals surface area contributed by atoms with Crippen molar-refractivity contribution in [2.24, 2.45) is 0 Å². The van der Waals surface area contributed by atoms with E-state index in [2.05, 4.69) is 10.4 Å². The van der Waals surface area contributed by atoms with Crippen LogP contribution in [-0.2, 0) is 4.79 Å². The van der Waals surface area contributed by atoms with E-state index < -0.39 is 5.82 Å². The molecule has 0 saturated heterocycles. The van der Waals surface area contributed by atoms with Crippen molar-refractivity contribution in [1.29, 1.82) is 0 Å². The SMILES string of the molecule is Cc1ccc(-n2nc(C)cc2NC(=O)CCC(=O)c2ccc(F)cc2)cc1. The maximum absolute atomic E-state index is 12.9. The van der Waals surface area contributed by atoms with Crippen LogP contribution in [0.15, 0.2) is 54.6 Å². The average molecular weight is 365 g/mol. The van der Waals surface area contributed by atoms with Crippen molar-refractivity contribution in [1.82, 2.24) is 9.78 Å². The summed E-state index contributed by atoms with van der Waals surface area (Å²) in [5, 5.41) is 7.22. The fraction of sp³-hybridized carbons (Fsp3) is 0.190. The van der Waals surface area contributed by atoms with Crippen molar-refractivity contribution in [2.75, 3.05) is 5.32 Å². The zero-order valence-electron chi connectivity index (χ0n) is 15.2. The lowest BCUT2D eigenvalue weighted by Crippen LogP contribution is -2.16. The second-order valence-corrected chi connectivity index (χ2v) is 6.40. The van der Waals surface area contributed by atoms with E-state index in [0.717, 1.165) is 16.9 Å². The lowest BCUT2D eigenvalue weighted by atomic mass is 10.1. The number of rotatable bonds is 6. The smallest absolute Gasteiger partial charge is 0.225 e. The molecule has 138 valence electrons. The van der Waals surface area contributed by atoms with Gasteiger partial charge in [0.15, 0.2) is 5.78 Å². The van der Waals surface area contributed by atoms with Gasteiger partial charge in [0.25, 0.3) is 0 Å². The summed E-state index contributed by atoms with van der Waals surface area (Å²) in [5.74, 6) is -0.327. The van der Waals surface area contributed by atoms with Gasteiger partial charge in [-0.3, -0.25) is 9.59 Å². The highest BCUT2D eigenvalue weighted by Crippen LogP contribution is 2.18. The van der Waals surface area contributed by atoms with Crippen molar-refractivity contribution in [2.45, 2.75) is 26.7 Å². The van der Waals surface area contributed by atoms with E-state index >= 15 is 0 Å². The minimum absolute atomic E-state index is 0.0360. The minimum atomic E-state index is -0.399. The van der Waals surface area contributed by atoms with Crippen LogP contribution < -0.4 is 5.32 Å². The Balaban J connectivity index is 1.65. The summed E-state index contributed by atoms with van der Waals surface area (Å²) >= 11 is 0. The van der Waals surface area contributed by atoms with Crippen molar-refractivity contribution in [3.63, 3.8) is 0 Å². The predicted octanol–water partition coefficient (Wildman–Crippen LogP) is 4.23. The largest absolute Gasteiger partial charge is 0.311 e. The lowest BCUT2D eigenvalue weighted by molar-refractivity contribution is -0.116. The second-order valence-electron chi connectivity index (χ2n) is 6.40. The maximum atomic E-state index is 12.9. The van der Waals surface area contributed by atoms with Crippen molar-refractivity contribution in [3.8, 4) is 5.69 Å². The van der Waals surface area contributed by atoms with Crippen LogP contribution in [0.5, 0.6) is 0 Å². The van der Waals surface area contributed by atoms with Gasteiger partial charge in [-0.05, 0) is 50.2 Å². The van der Waals surface area contributed by atoms with Gasteiger partial charge in [0.05, 0.1) is 11.4 Å². The number of hydrogen-bond acceptors (Lipinski definition) is 3. The van der Waals surface area contributed by atoms with Gasteiger partial charge in [0.1, 0.15) is 11.6 Å². The van der Waals surface area contributed by atoms with Gasteiger partial charge in [-0.1, -0.05) is 17.7 Å². The molecule has 1 N–H and O–H groups in total. The zero-order valence-corrected chi connectivity index (χ0v) is 15.2. The van der Waals surface area contributed by atoms with E-state index in [9.17, 15) is 14.0 Å². The topological polar surface area (TPSA) is 64.0 Å². The number of amides is 1. The first-order valence-electron chi connectivity index (χ1n) is 8.65. The van der Waals surface area contributed by atoms with Crippen LogP contribution in [-0.4, -0.2) is 21.5 Å². The van der Waals surface area contributed by atoms with E-state index in [1.165, 1.54) is 24.3 Å². The number of hydrogen-bond donors (Lipinski definition) is 1. The summed E-state index contributed by atoms with van der Waals surface area (Å²) in [4.78, 5) is 24.4. The van der Waals surface area contributed by atoms with E-state index in [-0.39, 0.29) is 24.5 Å². The summed E-state index contributed by atoms with van der Waals surface area (Å²) < 4.78 is 14.6. The van der Waals surface area contributed by atoms with Crippen LogP contribution in [0.2, 0.25) is 0 Å². The standard InChI is InChI=1S/C21H20FN3O2/c1-14-3-9-18(10-4-14)25-20(13-15(2)24-25)23-21(27)12-11-19(26)16-5-7-17(22)8-6-16/h3-10,13H,11-12H2,1-2H3,(H,23,27). The van der Waals surface area contributed by atoms with Crippen molar-refractivity contribution >= 4 is 17.5 Å². The van der Waals surface area contributed by atoms with Gasteiger partial charge in [0, 0.05) is 24.5 Å². The molecule has 6 heteroatoms. The van der Waals surface area contributed by atoms with Crippen LogP contribution in [0, 0.1) is 19.7 Å². The predicted molar refractivity (Wildman–Crippen MR) is 102 cm³/mol. The number of carbonyl (C=O) groups excluding carboxylic acids is 2. The first-order valence-corrected chi connectivity index (χ1v) is 8.65.